The molecule has 1 unspecified atom stereocenters. The molecule has 0 bridgehead atoms. The smallest absolute Gasteiger partial charge is 0.234 e. The third-order valence-corrected chi connectivity index (χ3v) is 6.26. The highest BCUT2D eigenvalue weighted by Gasteiger charge is 2.29. The van der Waals surface area contributed by atoms with Gasteiger partial charge in [0.1, 0.15) is 0 Å². The average Bonchev–Trinajstić information content (AvgIpc) is 3.32. The zero-order chi connectivity index (χ0) is 24.1. The molecule has 5 nitrogen and oxygen atoms in total. The van der Waals surface area contributed by atoms with Gasteiger partial charge in [0.2, 0.25) is 11.8 Å². The van der Waals surface area contributed by atoms with Gasteiger partial charge in [0.05, 0.1) is 12.1 Å². The molecule has 2 aromatic rings. The number of likely N-dealkylation sites (tertiary alicyclic amines) is 1. The lowest BCUT2D eigenvalue weighted by molar-refractivity contribution is -0.132. The maximum Gasteiger partial charge on any atom is 0.234 e. The van der Waals surface area contributed by atoms with Crippen LogP contribution >= 0.6 is 0 Å². The molecule has 3 N–H and O–H groups in total. The van der Waals surface area contributed by atoms with Gasteiger partial charge in [-0.2, -0.15) is 0 Å². The summed E-state index contributed by atoms with van der Waals surface area (Å²) >= 11 is 0. The number of rotatable bonds is 10. The van der Waals surface area contributed by atoms with E-state index in [4.69, 9.17) is 5.73 Å². The summed E-state index contributed by atoms with van der Waals surface area (Å²) in [4.78, 5) is 24.9. The summed E-state index contributed by atoms with van der Waals surface area (Å²) < 4.78 is 0. The zero-order valence-electron chi connectivity index (χ0n) is 20.6. The topological polar surface area (TPSA) is 75.4 Å². The fourth-order valence-electron chi connectivity index (χ4n) is 4.14. The fourth-order valence-corrected chi connectivity index (χ4v) is 4.14. The molecule has 1 aliphatic heterocycles. The number of nitrogens with one attached hydrogen (secondary N) is 1. The molecule has 0 saturated carbocycles. The fraction of sp³-hybridized carbons (Fsp3) is 0.500. The van der Waals surface area contributed by atoms with Gasteiger partial charge < -0.3 is 16.0 Å². The first-order valence-electron chi connectivity index (χ1n) is 12.3. The average molecular weight is 452 g/mol. The second kappa shape index (κ2) is 14.5. The number of likely N-dealkylation sites (N-methyl/N-ethyl adjacent to an activating group) is 1. The van der Waals surface area contributed by atoms with Gasteiger partial charge in [0, 0.05) is 13.0 Å². The van der Waals surface area contributed by atoms with E-state index in [9.17, 15) is 9.59 Å². The predicted octanol–water partition coefficient (Wildman–Crippen LogP) is 4.99. The van der Waals surface area contributed by atoms with E-state index < -0.39 is 0 Å². The lowest BCUT2D eigenvalue weighted by Crippen LogP contribution is -2.36. The minimum Gasteiger partial charge on any atom is -0.368 e. The van der Waals surface area contributed by atoms with Crippen LogP contribution in [0.2, 0.25) is 0 Å². The minimum absolute atomic E-state index is 0.208. The molecule has 5 heteroatoms. The highest BCUT2D eigenvalue weighted by molar-refractivity contribution is 5.79. The van der Waals surface area contributed by atoms with E-state index in [1.54, 1.807) is 14.0 Å². The first-order valence-corrected chi connectivity index (χ1v) is 12.3. The summed E-state index contributed by atoms with van der Waals surface area (Å²) in [6.45, 7) is 4.84. The standard InChI is InChI=1S/C24H31NO.C4H10N2O/c1-2-3-4-8-16-24(26)25-17-10-15-23(25)22-14-9-13-21(19-22)18-20-11-6-5-7-12-20;1-3(6-2)4(5)7/h5-7,9,11-14,19,23H,2-4,8,10,15-18H2,1H3;3,6H,1-2H3,(H2,5,7)/t23-;/m0./s1. The Morgan fingerprint density at radius 3 is 2.42 bits per heavy atom. The van der Waals surface area contributed by atoms with Crippen molar-refractivity contribution in [3.8, 4) is 0 Å². The summed E-state index contributed by atoms with van der Waals surface area (Å²) in [6.07, 6.45) is 8.53. The van der Waals surface area contributed by atoms with Crippen LogP contribution in [0.15, 0.2) is 54.6 Å². The predicted molar refractivity (Wildman–Crippen MR) is 136 cm³/mol. The van der Waals surface area contributed by atoms with Crippen LogP contribution in [0.3, 0.4) is 0 Å². The van der Waals surface area contributed by atoms with Crippen molar-refractivity contribution in [3.63, 3.8) is 0 Å². The number of carbonyl (C=O) groups is 2. The van der Waals surface area contributed by atoms with Crippen LogP contribution in [0.25, 0.3) is 0 Å². The highest BCUT2D eigenvalue weighted by Crippen LogP contribution is 2.33. The normalized spacial score (nSPS) is 16.1. The van der Waals surface area contributed by atoms with Crippen molar-refractivity contribution < 1.29 is 9.59 Å². The van der Waals surface area contributed by atoms with Gasteiger partial charge in [-0.25, -0.2) is 0 Å². The second-order valence-electron chi connectivity index (χ2n) is 8.88. The Morgan fingerprint density at radius 1 is 1.06 bits per heavy atom. The Balaban J connectivity index is 0.000000479. The largest absolute Gasteiger partial charge is 0.368 e. The van der Waals surface area contributed by atoms with Crippen molar-refractivity contribution in [1.82, 2.24) is 10.2 Å². The molecule has 1 heterocycles. The van der Waals surface area contributed by atoms with E-state index in [0.717, 1.165) is 32.2 Å². The number of nitrogens with zero attached hydrogens (tertiary/aromatic N) is 1. The molecule has 0 spiro atoms. The highest BCUT2D eigenvalue weighted by atomic mass is 16.2. The third kappa shape index (κ3) is 9.01. The monoisotopic (exact) mass is 451 g/mol. The molecule has 2 aromatic carbocycles. The number of nitrogens with two attached hydrogens (primary N) is 1. The van der Waals surface area contributed by atoms with Crippen LogP contribution in [-0.4, -0.2) is 36.3 Å². The molecular formula is C28H41N3O2. The first-order chi connectivity index (χ1) is 16.0. The molecule has 3 rings (SSSR count). The zero-order valence-corrected chi connectivity index (χ0v) is 20.6. The maximum absolute atomic E-state index is 12.7. The quantitative estimate of drug-likeness (QED) is 0.500. The van der Waals surface area contributed by atoms with Crippen LogP contribution < -0.4 is 11.1 Å². The summed E-state index contributed by atoms with van der Waals surface area (Å²) in [5.74, 6) is 0.0274. The first kappa shape index (κ1) is 26.6. The Kier molecular flexibility index (Phi) is 11.7. The van der Waals surface area contributed by atoms with Crippen LogP contribution in [0.5, 0.6) is 0 Å². The molecule has 33 heavy (non-hydrogen) atoms. The van der Waals surface area contributed by atoms with Crippen molar-refractivity contribution in [2.24, 2.45) is 5.73 Å². The van der Waals surface area contributed by atoms with Crippen molar-refractivity contribution >= 4 is 11.8 Å². The Bertz CT molecular complexity index is 853. The van der Waals surface area contributed by atoms with Crippen LogP contribution in [0.1, 0.15) is 81.5 Å². The molecule has 2 atom stereocenters. The number of benzene rings is 2. The van der Waals surface area contributed by atoms with Crippen molar-refractivity contribution in [2.75, 3.05) is 13.6 Å². The van der Waals surface area contributed by atoms with Crippen LogP contribution in [0, 0.1) is 0 Å². The van der Waals surface area contributed by atoms with Gasteiger partial charge >= 0.3 is 0 Å². The molecule has 2 amide bonds. The summed E-state index contributed by atoms with van der Waals surface area (Å²) in [5.41, 5.74) is 8.81. The number of primary amides is 1. The number of carbonyl (C=O) groups excluding carboxylic acids is 2. The van der Waals surface area contributed by atoms with Gasteiger partial charge in [-0.15, -0.1) is 0 Å². The van der Waals surface area contributed by atoms with Gasteiger partial charge in [0.15, 0.2) is 0 Å². The van der Waals surface area contributed by atoms with Crippen LogP contribution in [-0.2, 0) is 16.0 Å². The molecular weight excluding hydrogens is 410 g/mol. The van der Waals surface area contributed by atoms with E-state index in [-0.39, 0.29) is 18.0 Å². The number of hydrogen-bond acceptors (Lipinski definition) is 3. The van der Waals surface area contributed by atoms with Gasteiger partial charge in [-0.05, 0) is 56.3 Å². The second-order valence-corrected chi connectivity index (χ2v) is 8.88. The number of amides is 2. The van der Waals surface area contributed by atoms with Crippen molar-refractivity contribution in [1.29, 1.82) is 0 Å². The van der Waals surface area contributed by atoms with Gasteiger partial charge in [0.25, 0.3) is 0 Å². The maximum atomic E-state index is 12.7. The lowest BCUT2D eigenvalue weighted by atomic mass is 9.98. The number of hydrogen-bond donors (Lipinski definition) is 2. The van der Waals surface area contributed by atoms with Crippen LogP contribution in [0.4, 0.5) is 0 Å². The Hall–Kier alpha value is -2.66. The van der Waals surface area contributed by atoms with Gasteiger partial charge in [-0.3, -0.25) is 9.59 Å². The lowest BCUT2D eigenvalue weighted by Gasteiger charge is -2.25. The number of unbranched alkanes of at least 4 members (excludes halogenated alkanes) is 3. The Labute approximate surface area is 199 Å². The third-order valence-electron chi connectivity index (χ3n) is 6.26. The summed E-state index contributed by atoms with van der Waals surface area (Å²) in [5, 5.41) is 2.69. The van der Waals surface area contributed by atoms with Crippen molar-refractivity contribution in [3.05, 3.63) is 71.3 Å². The molecule has 1 aliphatic rings. The van der Waals surface area contributed by atoms with E-state index in [2.05, 4.69) is 71.7 Å². The molecule has 0 radical (unpaired) electrons. The SMILES string of the molecule is CCCCCCC(=O)N1CCC[C@H]1c1cccc(Cc2ccccc2)c1.CNC(C)C(N)=O. The molecule has 0 aliphatic carbocycles. The molecule has 1 saturated heterocycles. The summed E-state index contributed by atoms with van der Waals surface area (Å²) in [6, 6.07) is 19.5. The Morgan fingerprint density at radius 2 is 1.79 bits per heavy atom. The van der Waals surface area contributed by atoms with E-state index in [1.165, 1.54) is 36.0 Å². The molecule has 180 valence electrons. The van der Waals surface area contributed by atoms with Gasteiger partial charge in [-0.1, -0.05) is 80.8 Å². The summed E-state index contributed by atoms with van der Waals surface area (Å²) in [7, 11) is 1.69. The molecule has 0 aromatic heterocycles. The van der Waals surface area contributed by atoms with E-state index in [1.807, 2.05) is 0 Å². The molecule has 1 fully saturated rings. The van der Waals surface area contributed by atoms with E-state index >= 15 is 0 Å². The minimum atomic E-state index is -0.317. The van der Waals surface area contributed by atoms with E-state index in [0.29, 0.717) is 12.3 Å². The van der Waals surface area contributed by atoms with Crippen molar-refractivity contribution in [2.45, 2.75) is 77.3 Å².